The van der Waals surface area contributed by atoms with Gasteiger partial charge in [0.05, 0.1) is 0 Å². The summed E-state index contributed by atoms with van der Waals surface area (Å²) in [4.78, 5) is 7.22. The number of likely N-dealkylation sites (tertiary alicyclic amines) is 1. The quantitative estimate of drug-likeness (QED) is 0.758. The highest BCUT2D eigenvalue weighted by atomic mass is 15.1. The third-order valence-electron chi connectivity index (χ3n) is 3.43. The molecule has 0 bridgehead atoms. The van der Waals surface area contributed by atoms with Crippen LogP contribution in [0.25, 0.3) is 0 Å². The van der Waals surface area contributed by atoms with E-state index in [-0.39, 0.29) is 0 Å². The van der Waals surface area contributed by atoms with Crippen LogP contribution in [0.4, 0.5) is 0 Å². The summed E-state index contributed by atoms with van der Waals surface area (Å²) in [6.07, 6.45) is 2.59. The number of pyridine rings is 1. The Labute approximate surface area is 98.7 Å². The van der Waals surface area contributed by atoms with Crippen LogP contribution in [0.1, 0.15) is 49.9 Å². The van der Waals surface area contributed by atoms with Gasteiger partial charge in [-0.2, -0.15) is 0 Å². The molecule has 0 N–H and O–H groups in total. The van der Waals surface area contributed by atoms with Crippen LogP contribution in [0.3, 0.4) is 0 Å². The topological polar surface area (TPSA) is 16.1 Å². The Kier molecular flexibility index (Phi) is 3.59. The monoisotopic (exact) mass is 218 g/mol. The first-order valence-electron chi connectivity index (χ1n) is 6.32. The van der Waals surface area contributed by atoms with E-state index in [1.807, 2.05) is 0 Å². The van der Waals surface area contributed by atoms with Crippen molar-refractivity contribution >= 4 is 0 Å². The van der Waals surface area contributed by atoms with Gasteiger partial charge < -0.3 is 4.90 Å². The van der Waals surface area contributed by atoms with Crippen molar-refractivity contribution in [1.82, 2.24) is 9.88 Å². The van der Waals surface area contributed by atoms with Crippen molar-refractivity contribution in [2.75, 3.05) is 20.1 Å². The number of hydrogen-bond donors (Lipinski definition) is 0. The van der Waals surface area contributed by atoms with E-state index in [4.69, 9.17) is 4.98 Å². The van der Waals surface area contributed by atoms with Gasteiger partial charge in [-0.25, -0.2) is 0 Å². The summed E-state index contributed by atoms with van der Waals surface area (Å²) < 4.78 is 0. The first kappa shape index (κ1) is 11.6. The molecule has 0 aliphatic carbocycles. The van der Waals surface area contributed by atoms with E-state index in [2.05, 4.69) is 44.0 Å². The number of piperidine rings is 1. The van der Waals surface area contributed by atoms with E-state index in [1.165, 1.54) is 30.8 Å². The number of hydrogen-bond acceptors (Lipinski definition) is 2. The Morgan fingerprint density at radius 3 is 2.88 bits per heavy atom. The highest BCUT2D eigenvalue weighted by Crippen LogP contribution is 2.25. The van der Waals surface area contributed by atoms with Crippen molar-refractivity contribution in [1.29, 1.82) is 0 Å². The van der Waals surface area contributed by atoms with Crippen LogP contribution in [0.5, 0.6) is 0 Å². The predicted octanol–water partition coefficient (Wildman–Crippen LogP) is 3.01. The molecule has 0 amide bonds. The van der Waals surface area contributed by atoms with Gasteiger partial charge in [0.15, 0.2) is 0 Å². The minimum absolute atomic E-state index is 0.529. The first-order chi connectivity index (χ1) is 7.66. The summed E-state index contributed by atoms with van der Waals surface area (Å²) in [5.41, 5.74) is 2.52. The standard InChI is InChI=1S/C14H22N2/c1-11(2)13-7-4-8-14(15-13)12-6-5-9-16(3)10-12/h4,7-8,11-12H,5-6,9-10H2,1-3H3/t12-/m1/s1. The molecule has 2 heteroatoms. The van der Waals surface area contributed by atoms with Crippen molar-refractivity contribution in [3.63, 3.8) is 0 Å². The van der Waals surface area contributed by atoms with Gasteiger partial charge >= 0.3 is 0 Å². The van der Waals surface area contributed by atoms with E-state index in [1.54, 1.807) is 0 Å². The van der Waals surface area contributed by atoms with Crippen LogP contribution in [0.15, 0.2) is 18.2 Å². The fraction of sp³-hybridized carbons (Fsp3) is 0.643. The third kappa shape index (κ3) is 2.62. The van der Waals surface area contributed by atoms with Crippen molar-refractivity contribution < 1.29 is 0 Å². The van der Waals surface area contributed by atoms with Crippen LogP contribution in [0, 0.1) is 0 Å². The summed E-state index contributed by atoms with van der Waals surface area (Å²) in [5, 5.41) is 0. The van der Waals surface area contributed by atoms with Gasteiger partial charge in [-0.15, -0.1) is 0 Å². The Bertz CT molecular complexity index is 346. The number of rotatable bonds is 2. The molecule has 2 nitrogen and oxygen atoms in total. The number of nitrogens with zero attached hydrogens (tertiary/aromatic N) is 2. The van der Waals surface area contributed by atoms with Crippen LogP contribution in [-0.4, -0.2) is 30.0 Å². The van der Waals surface area contributed by atoms with E-state index in [0.29, 0.717) is 11.8 Å². The maximum atomic E-state index is 4.80. The van der Waals surface area contributed by atoms with Crippen molar-refractivity contribution in [2.24, 2.45) is 0 Å². The lowest BCUT2D eigenvalue weighted by Crippen LogP contribution is -2.31. The second-order valence-corrected chi connectivity index (χ2v) is 5.24. The molecule has 1 aliphatic heterocycles. The summed E-state index contributed by atoms with van der Waals surface area (Å²) in [6, 6.07) is 6.49. The van der Waals surface area contributed by atoms with Crippen LogP contribution >= 0.6 is 0 Å². The maximum absolute atomic E-state index is 4.80. The van der Waals surface area contributed by atoms with E-state index >= 15 is 0 Å². The number of aromatic nitrogens is 1. The molecule has 1 saturated heterocycles. The van der Waals surface area contributed by atoms with Gasteiger partial charge in [0.1, 0.15) is 0 Å². The zero-order chi connectivity index (χ0) is 11.5. The van der Waals surface area contributed by atoms with Gasteiger partial charge in [-0.05, 0) is 44.5 Å². The zero-order valence-corrected chi connectivity index (χ0v) is 10.6. The normalized spacial score (nSPS) is 22.6. The molecule has 1 aliphatic rings. The fourth-order valence-corrected chi connectivity index (χ4v) is 2.43. The fourth-order valence-electron chi connectivity index (χ4n) is 2.43. The first-order valence-corrected chi connectivity index (χ1v) is 6.32. The van der Waals surface area contributed by atoms with E-state index in [9.17, 15) is 0 Å². The highest BCUT2D eigenvalue weighted by molar-refractivity contribution is 5.17. The molecular weight excluding hydrogens is 196 g/mol. The summed E-state index contributed by atoms with van der Waals surface area (Å²) >= 11 is 0. The molecular formula is C14H22N2. The molecule has 1 atom stereocenters. The predicted molar refractivity (Wildman–Crippen MR) is 67.8 cm³/mol. The smallest absolute Gasteiger partial charge is 0.0450 e. The molecule has 88 valence electrons. The average molecular weight is 218 g/mol. The third-order valence-corrected chi connectivity index (χ3v) is 3.43. The van der Waals surface area contributed by atoms with Gasteiger partial charge in [-0.3, -0.25) is 4.98 Å². The summed E-state index contributed by atoms with van der Waals surface area (Å²) in [5.74, 6) is 1.17. The lowest BCUT2D eigenvalue weighted by Gasteiger charge is -2.29. The lowest BCUT2D eigenvalue weighted by atomic mass is 9.94. The molecule has 1 fully saturated rings. The second kappa shape index (κ2) is 4.96. The molecule has 1 aromatic rings. The lowest BCUT2D eigenvalue weighted by molar-refractivity contribution is 0.248. The molecule has 2 rings (SSSR count). The zero-order valence-electron chi connectivity index (χ0n) is 10.6. The summed E-state index contributed by atoms with van der Waals surface area (Å²) in [7, 11) is 2.21. The minimum atomic E-state index is 0.529. The van der Waals surface area contributed by atoms with Gasteiger partial charge in [-0.1, -0.05) is 19.9 Å². The summed E-state index contributed by atoms with van der Waals surface area (Å²) in [6.45, 7) is 6.81. The van der Waals surface area contributed by atoms with Gasteiger partial charge in [0.25, 0.3) is 0 Å². The largest absolute Gasteiger partial charge is 0.306 e. The van der Waals surface area contributed by atoms with Gasteiger partial charge in [0, 0.05) is 23.9 Å². The molecule has 0 radical (unpaired) electrons. The Morgan fingerprint density at radius 2 is 2.19 bits per heavy atom. The molecule has 0 saturated carbocycles. The van der Waals surface area contributed by atoms with Crippen LogP contribution in [0.2, 0.25) is 0 Å². The van der Waals surface area contributed by atoms with E-state index in [0.717, 1.165) is 6.54 Å². The van der Waals surface area contributed by atoms with Crippen molar-refractivity contribution in [3.8, 4) is 0 Å². The van der Waals surface area contributed by atoms with Crippen LogP contribution in [-0.2, 0) is 0 Å². The Balaban J connectivity index is 2.16. The minimum Gasteiger partial charge on any atom is -0.306 e. The Morgan fingerprint density at radius 1 is 1.38 bits per heavy atom. The second-order valence-electron chi connectivity index (χ2n) is 5.24. The van der Waals surface area contributed by atoms with E-state index < -0.39 is 0 Å². The average Bonchev–Trinajstić information content (AvgIpc) is 2.29. The van der Waals surface area contributed by atoms with Crippen LogP contribution < -0.4 is 0 Å². The van der Waals surface area contributed by atoms with Gasteiger partial charge in [0.2, 0.25) is 0 Å². The SMILES string of the molecule is CC(C)c1cccc([C@@H]2CCCN(C)C2)n1. The molecule has 0 aromatic carbocycles. The van der Waals surface area contributed by atoms with Crippen molar-refractivity contribution in [2.45, 2.75) is 38.5 Å². The number of likely N-dealkylation sites (N-methyl/N-ethyl adjacent to an activating group) is 1. The molecule has 16 heavy (non-hydrogen) atoms. The Hall–Kier alpha value is -0.890. The maximum Gasteiger partial charge on any atom is 0.0450 e. The van der Waals surface area contributed by atoms with Crippen molar-refractivity contribution in [3.05, 3.63) is 29.6 Å². The molecule has 0 spiro atoms. The molecule has 0 unspecified atom stereocenters. The molecule has 1 aromatic heterocycles. The molecule has 2 heterocycles. The highest BCUT2D eigenvalue weighted by Gasteiger charge is 2.20.